The van der Waals surface area contributed by atoms with Crippen molar-refractivity contribution < 1.29 is 9.59 Å². The van der Waals surface area contributed by atoms with E-state index in [1.54, 1.807) is 31.2 Å². The molecule has 0 saturated heterocycles. The fraction of sp³-hybridized carbons (Fsp3) is 0.200. The minimum absolute atomic E-state index is 0.0221. The maximum atomic E-state index is 12.9. The van der Waals surface area contributed by atoms with Gasteiger partial charge < -0.3 is 0 Å². The molecule has 130 valence electrons. The number of amides is 2. The van der Waals surface area contributed by atoms with Crippen molar-refractivity contribution in [1.29, 1.82) is 0 Å². The SMILES string of the molecule is C[C@H]1C(=O)N(CCc2ccccc2)C(=O)c2nc3ccccc3c(=O)n21. The highest BCUT2D eigenvalue weighted by atomic mass is 16.2. The zero-order valence-electron chi connectivity index (χ0n) is 14.3. The van der Waals surface area contributed by atoms with Crippen LogP contribution in [0.25, 0.3) is 10.9 Å². The summed E-state index contributed by atoms with van der Waals surface area (Å²) >= 11 is 0. The van der Waals surface area contributed by atoms with Crippen molar-refractivity contribution in [2.45, 2.75) is 19.4 Å². The largest absolute Gasteiger partial charge is 0.296 e. The number of para-hydroxylation sites is 1. The van der Waals surface area contributed by atoms with E-state index < -0.39 is 11.9 Å². The molecule has 0 spiro atoms. The number of nitrogens with zero attached hydrogens (tertiary/aromatic N) is 3. The first kappa shape index (κ1) is 16.2. The Morgan fingerprint density at radius 2 is 1.65 bits per heavy atom. The quantitative estimate of drug-likeness (QED) is 0.681. The molecule has 0 bridgehead atoms. The highest BCUT2D eigenvalue weighted by molar-refractivity contribution is 6.07. The Hall–Kier alpha value is -3.28. The van der Waals surface area contributed by atoms with Gasteiger partial charge in [0.05, 0.1) is 10.9 Å². The molecule has 3 aromatic rings. The Balaban J connectivity index is 1.75. The normalized spacial score (nSPS) is 16.8. The number of hydrogen-bond donors (Lipinski definition) is 0. The highest BCUT2D eigenvalue weighted by Crippen LogP contribution is 2.21. The Kier molecular flexibility index (Phi) is 3.88. The number of fused-ring (bicyclic) bond motifs is 2. The molecule has 2 amide bonds. The maximum Gasteiger partial charge on any atom is 0.296 e. The van der Waals surface area contributed by atoms with Crippen LogP contribution in [0.15, 0.2) is 59.4 Å². The molecule has 0 radical (unpaired) electrons. The Labute approximate surface area is 149 Å². The van der Waals surface area contributed by atoms with Gasteiger partial charge in [-0.2, -0.15) is 0 Å². The minimum Gasteiger partial charge on any atom is -0.276 e. The molecule has 4 rings (SSSR count). The molecular weight excluding hydrogens is 330 g/mol. The first-order valence-electron chi connectivity index (χ1n) is 8.49. The summed E-state index contributed by atoms with van der Waals surface area (Å²) in [5, 5.41) is 0.404. The summed E-state index contributed by atoms with van der Waals surface area (Å²) in [5.74, 6) is -0.877. The van der Waals surface area contributed by atoms with Crippen molar-refractivity contribution in [3.05, 3.63) is 76.3 Å². The summed E-state index contributed by atoms with van der Waals surface area (Å²) in [6.07, 6.45) is 0.558. The van der Waals surface area contributed by atoms with Gasteiger partial charge in [-0.25, -0.2) is 4.98 Å². The van der Waals surface area contributed by atoms with Crippen LogP contribution >= 0.6 is 0 Å². The molecule has 0 unspecified atom stereocenters. The fourth-order valence-corrected chi connectivity index (χ4v) is 3.31. The molecule has 1 aliphatic heterocycles. The van der Waals surface area contributed by atoms with Crippen LogP contribution in [0.4, 0.5) is 0 Å². The van der Waals surface area contributed by atoms with Crippen LogP contribution < -0.4 is 5.56 Å². The van der Waals surface area contributed by atoms with Crippen molar-refractivity contribution in [3.63, 3.8) is 0 Å². The molecule has 1 aliphatic rings. The van der Waals surface area contributed by atoms with Gasteiger partial charge in [0.2, 0.25) is 5.82 Å². The summed E-state index contributed by atoms with van der Waals surface area (Å²) in [5.41, 5.74) is 1.14. The van der Waals surface area contributed by atoms with E-state index in [9.17, 15) is 14.4 Å². The van der Waals surface area contributed by atoms with Gasteiger partial charge >= 0.3 is 0 Å². The average molecular weight is 347 g/mol. The van der Waals surface area contributed by atoms with Gasteiger partial charge in [-0.3, -0.25) is 23.9 Å². The number of hydrogen-bond acceptors (Lipinski definition) is 4. The molecule has 0 aliphatic carbocycles. The topological polar surface area (TPSA) is 72.3 Å². The molecule has 1 aromatic heterocycles. The Morgan fingerprint density at radius 3 is 2.42 bits per heavy atom. The molecule has 0 N–H and O–H groups in total. The van der Waals surface area contributed by atoms with Crippen LogP contribution in [0.3, 0.4) is 0 Å². The van der Waals surface area contributed by atoms with Crippen LogP contribution in [0, 0.1) is 0 Å². The summed E-state index contributed by atoms with van der Waals surface area (Å²) in [6.45, 7) is 1.89. The number of rotatable bonds is 3. The van der Waals surface area contributed by atoms with Crippen molar-refractivity contribution in [2.75, 3.05) is 6.54 Å². The van der Waals surface area contributed by atoms with E-state index in [0.717, 1.165) is 5.56 Å². The molecule has 6 nitrogen and oxygen atoms in total. The highest BCUT2D eigenvalue weighted by Gasteiger charge is 2.38. The van der Waals surface area contributed by atoms with Gasteiger partial charge in [-0.1, -0.05) is 42.5 Å². The first-order chi connectivity index (χ1) is 12.6. The number of carbonyl (C=O) groups excluding carboxylic acids is 2. The number of imide groups is 1. The van der Waals surface area contributed by atoms with Crippen LogP contribution in [-0.4, -0.2) is 32.8 Å². The predicted molar refractivity (Wildman–Crippen MR) is 96.9 cm³/mol. The van der Waals surface area contributed by atoms with Crippen LogP contribution in [0.1, 0.15) is 29.1 Å². The number of benzene rings is 2. The minimum atomic E-state index is -0.761. The lowest BCUT2D eigenvalue weighted by atomic mass is 10.1. The van der Waals surface area contributed by atoms with Gasteiger partial charge in [0.15, 0.2) is 0 Å². The van der Waals surface area contributed by atoms with Gasteiger partial charge in [-0.05, 0) is 31.0 Å². The summed E-state index contributed by atoms with van der Waals surface area (Å²) < 4.78 is 1.21. The van der Waals surface area contributed by atoms with E-state index in [1.807, 2.05) is 30.3 Å². The molecule has 6 heteroatoms. The van der Waals surface area contributed by atoms with E-state index in [1.165, 1.54) is 9.47 Å². The molecule has 0 saturated carbocycles. The molecular formula is C20H17N3O3. The van der Waals surface area contributed by atoms with Gasteiger partial charge in [0, 0.05) is 6.54 Å². The third-order valence-electron chi connectivity index (χ3n) is 4.72. The second-order valence-corrected chi connectivity index (χ2v) is 6.33. The maximum absolute atomic E-state index is 12.9. The molecule has 26 heavy (non-hydrogen) atoms. The van der Waals surface area contributed by atoms with E-state index in [0.29, 0.717) is 17.3 Å². The van der Waals surface area contributed by atoms with Crippen LogP contribution in [0.5, 0.6) is 0 Å². The fourth-order valence-electron chi connectivity index (χ4n) is 3.31. The van der Waals surface area contributed by atoms with E-state index in [4.69, 9.17) is 0 Å². The number of carbonyl (C=O) groups is 2. The van der Waals surface area contributed by atoms with Crippen molar-refractivity contribution >= 4 is 22.7 Å². The Bertz CT molecular complexity index is 1070. The second-order valence-electron chi connectivity index (χ2n) is 6.33. The standard InChI is InChI=1S/C20H17N3O3/c1-13-18(24)22(12-11-14-7-3-2-4-8-14)20(26)17-21-16-10-6-5-9-15(16)19(25)23(13)17/h2-10,13H,11-12H2,1H3/t13-/m0/s1. The molecule has 2 aromatic carbocycles. The third-order valence-corrected chi connectivity index (χ3v) is 4.72. The summed E-state index contributed by atoms with van der Waals surface area (Å²) in [4.78, 5) is 43.9. The zero-order chi connectivity index (χ0) is 18.3. The molecule has 0 fully saturated rings. The lowest BCUT2D eigenvalue weighted by molar-refractivity contribution is -0.132. The Morgan fingerprint density at radius 1 is 0.962 bits per heavy atom. The predicted octanol–water partition coefficient (Wildman–Crippen LogP) is 2.18. The van der Waals surface area contributed by atoms with Gasteiger partial charge in [-0.15, -0.1) is 0 Å². The molecule has 2 heterocycles. The zero-order valence-corrected chi connectivity index (χ0v) is 14.3. The van der Waals surface area contributed by atoms with E-state index in [-0.39, 0.29) is 23.8 Å². The average Bonchev–Trinajstić information content (AvgIpc) is 2.67. The van der Waals surface area contributed by atoms with Crippen LogP contribution in [0.2, 0.25) is 0 Å². The second kappa shape index (κ2) is 6.22. The van der Waals surface area contributed by atoms with Gasteiger partial charge in [0.25, 0.3) is 17.4 Å². The summed E-state index contributed by atoms with van der Waals surface area (Å²) in [7, 11) is 0. The monoisotopic (exact) mass is 347 g/mol. The van der Waals surface area contributed by atoms with E-state index >= 15 is 0 Å². The van der Waals surface area contributed by atoms with Crippen molar-refractivity contribution in [1.82, 2.24) is 14.5 Å². The van der Waals surface area contributed by atoms with Crippen molar-refractivity contribution in [3.8, 4) is 0 Å². The molecule has 1 atom stereocenters. The lowest BCUT2D eigenvalue weighted by Crippen LogP contribution is -2.51. The first-order valence-corrected chi connectivity index (χ1v) is 8.49. The third kappa shape index (κ3) is 2.50. The van der Waals surface area contributed by atoms with Crippen LogP contribution in [-0.2, 0) is 11.2 Å². The van der Waals surface area contributed by atoms with E-state index in [2.05, 4.69) is 4.98 Å². The lowest BCUT2D eigenvalue weighted by Gasteiger charge is -2.31. The smallest absolute Gasteiger partial charge is 0.276 e. The van der Waals surface area contributed by atoms with Gasteiger partial charge in [0.1, 0.15) is 6.04 Å². The summed E-state index contributed by atoms with van der Waals surface area (Å²) in [6, 6.07) is 15.7. The number of aromatic nitrogens is 2. The van der Waals surface area contributed by atoms with Crippen molar-refractivity contribution in [2.24, 2.45) is 0 Å².